The van der Waals surface area contributed by atoms with E-state index in [1.807, 2.05) is 0 Å². The number of aliphatic imine (C=N–C) groups is 1. The number of nitrogen functional groups attached to an aromatic ring is 1. The summed E-state index contributed by atoms with van der Waals surface area (Å²) in [5.41, 5.74) is 14.8. The van der Waals surface area contributed by atoms with Crippen LogP contribution < -0.4 is 21.9 Å². The molecule has 0 bridgehead atoms. The number of nitrogens with zero attached hydrogens (tertiary/aromatic N) is 6. The van der Waals surface area contributed by atoms with Gasteiger partial charge in [-0.05, 0) is 18.6 Å². The highest BCUT2D eigenvalue weighted by Gasteiger charge is 2.57. The lowest BCUT2D eigenvalue weighted by Gasteiger charge is -2.52. The van der Waals surface area contributed by atoms with E-state index in [9.17, 15) is 29.1 Å². The number of thioether (sulfide) groups is 2. The number of allylic oxidation sites excluding steroid dienone is 1. The normalized spacial score (nSPS) is 22.2. The number of hydrazine groups is 2. The van der Waals surface area contributed by atoms with Gasteiger partial charge in [0.15, 0.2) is 11.0 Å². The van der Waals surface area contributed by atoms with Gasteiger partial charge >= 0.3 is 12.0 Å². The lowest BCUT2D eigenvalue weighted by Crippen LogP contribution is -2.72. The minimum Gasteiger partial charge on any atom is -0.477 e. The molecule has 198 valence electrons. The average molecular weight is 578 g/mol. The molecule has 4 aliphatic heterocycles. The summed E-state index contributed by atoms with van der Waals surface area (Å²) in [4.78, 5) is 71.3. The van der Waals surface area contributed by atoms with Crippen LogP contribution in [-0.4, -0.2) is 83.7 Å². The van der Waals surface area contributed by atoms with Gasteiger partial charge in [0, 0.05) is 22.6 Å². The van der Waals surface area contributed by atoms with Gasteiger partial charge in [-0.25, -0.2) is 29.6 Å². The van der Waals surface area contributed by atoms with Crippen LogP contribution in [-0.2, 0) is 19.2 Å². The number of hydrogen-bond donors (Lipinski definition) is 4. The fourth-order valence-corrected chi connectivity index (χ4v) is 7.29. The van der Waals surface area contributed by atoms with Crippen LogP contribution in [0.2, 0.25) is 0 Å². The van der Waals surface area contributed by atoms with Gasteiger partial charge < -0.3 is 16.6 Å². The maximum atomic E-state index is 13.2. The third kappa shape index (κ3) is 4.30. The minimum absolute atomic E-state index is 0.0543. The zero-order valence-corrected chi connectivity index (χ0v) is 21.9. The van der Waals surface area contributed by atoms with Crippen molar-refractivity contribution in [2.45, 2.75) is 18.3 Å². The lowest BCUT2D eigenvalue weighted by molar-refractivity contribution is -0.149. The highest BCUT2D eigenvalue weighted by molar-refractivity contribution is 8.03. The van der Waals surface area contributed by atoms with Gasteiger partial charge in [0.25, 0.3) is 11.8 Å². The molecule has 4 amide bonds. The molecule has 1 fully saturated rings. The number of amides is 4. The number of urea groups is 1. The molecular weight excluding hydrogens is 558 g/mol. The van der Waals surface area contributed by atoms with Crippen LogP contribution in [0.3, 0.4) is 0 Å². The van der Waals surface area contributed by atoms with Crippen LogP contribution in [0.25, 0.3) is 0 Å². The Morgan fingerprint density at radius 3 is 2.79 bits per heavy atom. The van der Waals surface area contributed by atoms with Crippen molar-refractivity contribution in [3.8, 4) is 0 Å². The quantitative estimate of drug-likeness (QED) is 0.189. The number of rotatable bonds is 7. The Morgan fingerprint density at radius 2 is 2.16 bits per heavy atom. The second kappa shape index (κ2) is 9.78. The van der Waals surface area contributed by atoms with E-state index in [4.69, 9.17) is 11.5 Å². The molecule has 6 N–H and O–H groups in total. The Bertz CT molecular complexity index is 1400. The smallest absolute Gasteiger partial charge is 0.352 e. The van der Waals surface area contributed by atoms with E-state index in [1.165, 1.54) is 40.1 Å². The first kappa shape index (κ1) is 25.8. The second-order valence-corrected chi connectivity index (χ2v) is 11.1. The van der Waals surface area contributed by atoms with Crippen molar-refractivity contribution in [1.82, 2.24) is 25.4 Å². The number of carbonyl (C=O) groups is 5. The van der Waals surface area contributed by atoms with Gasteiger partial charge in [0.05, 0.1) is 11.2 Å². The minimum atomic E-state index is -1.29. The van der Waals surface area contributed by atoms with Crippen LogP contribution in [0.4, 0.5) is 15.7 Å². The molecule has 5 heterocycles. The highest BCUT2D eigenvalue weighted by Crippen LogP contribution is 2.45. The summed E-state index contributed by atoms with van der Waals surface area (Å²) in [5, 5.41) is 14.1. The molecule has 0 aromatic carbocycles. The van der Waals surface area contributed by atoms with Gasteiger partial charge in [-0.15, -0.1) is 40.4 Å². The number of β-lactam (4-membered cyclic amide) rings is 1. The van der Waals surface area contributed by atoms with E-state index in [-0.39, 0.29) is 34.4 Å². The van der Waals surface area contributed by atoms with Crippen molar-refractivity contribution in [1.29, 1.82) is 0 Å². The zero-order valence-electron chi connectivity index (χ0n) is 19.4. The molecule has 0 unspecified atom stereocenters. The number of primary amides is 1. The zero-order chi connectivity index (χ0) is 27.3. The summed E-state index contributed by atoms with van der Waals surface area (Å²) in [5.74, 6) is -1.98. The molecule has 2 atom stereocenters. The number of aldehydes is 1. The molecule has 1 aromatic rings. The monoisotopic (exact) mass is 577 g/mol. The lowest BCUT2D eigenvalue weighted by atomic mass is 10.0. The number of aliphatic carboxylic acids is 1. The SMILES string of the molecule is CC1=NC2=CN(C(N)=O)NN2C(SCC2=C(C(=O)O)N3C(=O)[C@@H](N(C(=O)C=O)c4csc(N)n4)[C@H]3SC2)=C1. The number of fused-ring (bicyclic) bond motifs is 2. The molecular formula is C20H19N9O6S3. The Hall–Kier alpha value is -3.87. The van der Waals surface area contributed by atoms with Crippen molar-refractivity contribution in [3.63, 3.8) is 0 Å². The van der Waals surface area contributed by atoms with Gasteiger partial charge in [-0.3, -0.25) is 24.2 Å². The van der Waals surface area contributed by atoms with Gasteiger partial charge in [0.1, 0.15) is 22.9 Å². The van der Waals surface area contributed by atoms with Gasteiger partial charge in [0.2, 0.25) is 6.29 Å². The molecule has 15 nitrogen and oxygen atoms in total. The number of nitrogens with one attached hydrogen (secondary N) is 1. The Balaban J connectivity index is 1.38. The van der Waals surface area contributed by atoms with E-state index in [0.717, 1.165) is 26.1 Å². The van der Waals surface area contributed by atoms with Crippen molar-refractivity contribution >= 4 is 81.6 Å². The molecule has 0 spiro atoms. The van der Waals surface area contributed by atoms with Crippen molar-refractivity contribution in [3.05, 3.63) is 39.8 Å². The number of carboxylic acid groups (broad SMARTS) is 1. The summed E-state index contributed by atoms with van der Waals surface area (Å²) in [6.45, 7) is 1.77. The fourth-order valence-electron chi connectivity index (χ4n) is 4.16. The predicted molar refractivity (Wildman–Crippen MR) is 140 cm³/mol. The third-order valence-electron chi connectivity index (χ3n) is 5.75. The van der Waals surface area contributed by atoms with E-state index in [1.54, 1.807) is 13.0 Å². The van der Waals surface area contributed by atoms with Crippen LogP contribution in [0.5, 0.6) is 0 Å². The van der Waals surface area contributed by atoms with E-state index in [2.05, 4.69) is 15.5 Å². The van der Waals surface area contributed by atoms with Crippen LogP contribution in [0.1, 0.15) is 6.92 Å². The maximum absolute atomic E-state index is 13.2. The van der Waals surface area contributed by atoms with Crippen LogP contribution in [0, 0.1) is 0 Å². The number of aromatic nitrogens is 1. The van der Waals surface area contributed by atoms with Gasteiger partial charge in [-0.1, -0.05) is 0 Å². The number of carbonyl (C=O) groups excluding carboxylic acids is 4. The maximum Gasteiger partial charge on any atom is 0.352 e. The highest BCUT2D eigenvalue weighted by atomic mass is 32.2. The standard InChI is InChI=1S/C20H19N9O6S3/c1-8-2-13(29-10(23-8)3-26(25-29)20(22)35)36-5-9-6-37-17-15(16(32)28(17)14(9)18(33)34)27(12(31)4-30)11-7-38-19(21)24-11/h2-4,7,15,17,25H,5-6H2,1H3,(H2,21,24)(H2,22,35)(H,33,34)/t15-,17-/m1/s1. The molecule has 5 rings (SSSR count). The summed E-state index contributed by atoms with van der Waals surface area (Å²) >= 11 is 3.60. The summed E-state index contributed by atoms with van der Waals surface area (Å²) in [6.07, 6.45) is 3.27. The van der Waals surface area contributed by atoms with Crippen molar-refractivity contribution in [2.75, 3.05) is 22.1 Å². The number of nitrogens with two attached hydrogens (primary N) is 2. The van der Waals surface area contributed by atoms with E-state index >= 15 is 0 Å². The molecule has 0 saturated carbocycles. The van der Waals surface area contributed by atoms with Crippen molar-refractivity contribution < 1.29 is 29.1 Å². The first-order valence-electron chi connectivity index (χ1n) is 10.8. The molecule has 0 aliphatic carbocycles. The largest absolute Gasteiger partial charge is 0.477 e. The van der Waals surface area contributed by atoms with Gasteiger partial charge in [-0.2, -0.15) is 0 Å². The molecule has 0 radical (unpaired) electrons. The molecule has 1 aromatic heterocycles. The number of anilines is 2. The third-order valence-corrected chi connectivity index (χ3v) is 8.83. The summed E-state index contributed by atoms with van der Waals surface area (Å²) in [7, 11) is 0. The Labute approximate surface area is 226 Å². The fraction of sp³-hybridized carbons (Fsp3) is 0.250. The summed E-state index contributed by atoms with van der Waals surface area (Å²) < 4.78 is 0. The van der Waals surface area contributed by atoms with E-state index < -0.39 is 35.2 Å². The first-order chi connectivity index (χ1) is 18.1. The summed E-state index contributed by atoms with van der Waals surface area (Å²) in [6, 6.07) is -1.84. The number of carboxylic acids is 1. The first-order valence-corrected chi connectivity index (χ1v) is 13.7. The second-order valence-electron chi connectivity index (χ2n) is 8.14. The number of hydrogen-bond acceptors (Lipinski definition) is 13. The molecule has 18 heteroatoms. The van der Waals surface area contributed by atoms with Crippen LogP contribution in [0.15, 0.2) is 44.8 Å². The Kier molecular flexibility index (Phi) is 6.63. The Morgan fingerprint density at radius 1 is 1.39 bits per heavy atom. The average Bonchev–Trinajstić information content (AvgIpc) is 3.50. The predicted octanol–water partition coefficient (Wildman–Crippen LogP) is -0.156. The number of thiazole rings is 1. The molecule has 38 heavy (non-hydrogen) atoms. The topological polar surface area (TPSA) is 208 Å². The van der Waals surface area contributed by atoms with Crippen molar-refractivity contribution in [2.24, 2.45) is 10.7 Å². The molecule has 4 aliphatic rings. The molecule has 1 saturated heterocycles. The van der Waals surface area contributed by atoms with Crippen LogP contribution >= 0.6 is 34.9 Å². The van der Waals surface area contributed by atoms with E-state index in [0.29, 0.717) is 22.1 Å².